The predicted octanol–water partition coefficient (Wildman–Crippen LogP) is 23.8. The lowest BCUT2D eigenvalue weighted by molar-refractivity contribution is -0.146. The lowest BCUT2D eigenvalue weighted by Crippen LogP contribution is -2.39. The van der Waals surface area contributed by atoms with Crippen LogP contribution in [0.2, 0.25) is 0 Å². The molecular weight excluding hydrogens is 1400 g/mol. The van der Waals surface area contributed by atoms with Crippen LogP contribution in [0.3, 0.4) is 0 Å². The monoisotopic (exact) mass is 1580 g/mol. The maximum Gasteiger partial charge on any atom is 0.508 e. The summed E-state index contributed by atoms with van der Waals surface area (Å²) < 4.78 is 40.7. The largest absolute Gasteiger partial charge is 0.508 e. The standard InChI is InChI=1S/C44H86N2O7.C27H48N2O4.C21H43NO3/c1-7-13-17-19-20-21-25-31-42(47)50-37-35-46(34-33-45(11-5)12-6)36-38-51-44(49)53-41(29-24-18-14-8-2)30-26-32-43(48)52-39-40(27-22-15-9-3)28-23-16-10-4;1-4-7-10-13-17-25(33-27(31)29-21-20-28-23-29)18-14-19-26(30)32-22-24(15-11-8-5-2)16-12-9-6-3;1-4-7-8-9-10-11-12-13-21(24)25-19-17-22(16-18-23)15-14-20(5-2)6-3/h40-41H,7-39H2,1-6H3;20-21,23-25H,4-19,22H2,1-3H3;20,23H,4-19H2,1-3H3. The number of hydrogen-bond donors (Lipinski definition) is 1. The van der Waals surface area contributed by atoms with Crippen molar-refractivity contribution in [1.29, 1.82) is 0 Å². The number of carbonyl (C=O) groups excluding carboxylic acids is 6. The van der Waals surface area contributed by atoms with E-state index in [1.807, 2.05) is 0 Å². The summed E-state index contributed by atoms with van der Waals surface area (Å²) in [6.45, 7) is 35.8. The molecule has 0 saturated carbocycles. The summed E-state index contributed by atoms with van der Waals surface area (Å²) in [5.74, 6) is 1.20. The highest BCUT2D eigenvalue weighted by Gasteiger charge is 2.22. The van der Waals surface area contributed by atoms with E-state index in [4.69, 9.17) is 33.2 Å². The Labute approximate surface area is 681 Å². The molecule has 1 aromatic rings. The van der Waals surface area contributed by atoms with Crippen molar-refractivity contribution in [2.45, 2.75) is 423 Å². The van der Waals surface area contributed by atoms with Crippen molar-refractivity contribution in [3.05, 3.63) is 18.7 Å². The van der Waals surface area contributed by atoms with Crippen molar-refractivity contribution in [3.63, 3.8) is 0 Å². The highest BCUT2D eigenvalue weighted by Crippen LogP contribution is 2.23. The molecule has 0 aliphatic heterocycles. The van der Waals surface area contributed by atoms with Crippen molar-refractivity contribution >= 4 is 36.1 Å². The number of likely N-dealkylation sites (N-methyl/N-ethyl adjacent to an activating group) is 1. The van der Waals surface area contributed by atoms with Gasteiger partial charge in [-0.25, -0.2) is 19.1 Å². The van der Waals surface area contributed by atoms with Gasteiger partial charge in [0.05, 0.1) is 19.8 Å². The SMILES string of the molecule is CCCCCCC(CCCC(=O)OCC(CCCCC)CCCCC)OC(=O)n1ccnc1.CCCCCCCCCC(=O)OCCN(CCO)CCC(CC)CC.CCCCCCCCCC(=O)OCCN(CCOC(=O)OC(CCCCCC)CCCC(=O)OCC(CCCCC)CCCCC)CCN(CC)CC. The van der Waals surface area contributed by atoms with Crippen LogP contribution in [-0.2, 0) is 52.3 Å². The molecule has 0 radical (unpaired) electrons. The Bertz CT molecular complexity index is 2160. The van der Waals surface area contributed by atoms with Gasteiger partial charge in [-0.05, 0) is 134 Å². The summed E-state index contributed by atoms with van der Waals surface area (Å²) in [6.07, 6.45) is 57.3. The van der Waals surface area contributed by atoms with Crippen LogP contribution in [0.1, 0.15) is 411 Å². The van der Waals surface area contributed by atoms with Crippen molar-refractivity contribution in [2.75, 3.05) is 98.5 Å². The number of rotatable bonds is 77. The summed E-state index contributed by atoms with van der Waals surface area (Å²) >= 11 is 0. The van der Waals surface area contributed by atoms with Crippen LogP contribution in [0.4, 0.5) is 9.59 Å². The molecule has 0 aromatic carbocycles. The molecule has 0 fully saturated rings. The Morgan fingerprint density at radius 1 is 0.333 bits per heavy atom. The van der Waals surface area contributed by atoms with Crippen LogP contribution in [0.15, 0.2) is 18.7 Å². The first-order chi connectivity index (χ1) is 54.1. The van der Waals surface area contributed by atoms with Crippen LogP contribution in [0.25, 0.3) is 0 Å². The summed E-state index contributed by atoms with van der Waals surface area (Å²) in [5.41, 5.74) is 0. The second-order valence-electron chi connectivity index (χ2n) is 31.5. The summed E-state index contributed by atoms with van der Waals surface area (Å²) in [7, 11) is 0. The van der Waals surface area contributed by atoms with E-state index < -0.39 is 12.2 Å². The van der Waals surface area contributed by atoms with Gasteiger partial charge in [0, 0.05) is 77.3 Å². The maximum atomic E-state index is 12.8. The Morgan fingerprint density at radius 3 is 1.05 bits per heavy atom. The van der Waals surface area contributed by atoms with E-state index >= 15 is 0 Å². The molecule has 0 bridgehead atoms. The molecule has 1 heterocycles. The Morgan fingerprint density at radius 2 is 0.667 bits per heavy atom. The fourth-order valence-corrected chi connectivity index (χ4v) is 13.9. The molecule has 0 spiro atoms. The first-order valence-electron chi connectivity index (χ1n) is 46.5. The fraction of sp³-hybridized carbons (Fsp3) is 0.902. The average Bonchev–Trinajstić information content (AvgIpc) is 1.79. The molecule has 1 aromatic heterocycles. The number of hydrogen-bond acceptors (Lipinski definition) is 18. The number of esters is 4. The van der Waals surface area contributed by atoms with Gasteiger partial charge in [0.15, 0.2) is 0 Å². The minimum absolute atomic E-state index is 0.0718. The third kappa shape index (κ3) is 71.9. The molecule has 0 amide bonds. The van der Waals surface area contributed by atoms with Gasteiger partial charge in [0.1, 0.15) is 38.4 Å². The van der Waals surface area contributed by atoms with Gasteiger partial charge >= 0.3 is 36.1 Å². The van der Waals surface area contributed by atoms with E-state index in [0.717, 1.165) is 154 Å². The average molecular weight is 1580 g/mol. The van der Waals surface area contributed by atoms with Crippen LogP contribution >= 0.6 is 0 Å². The van der Waals surface area contributed by atoms with E-state index in [9.17, 15) is 33.9 Å². The van der Waals surface area contributed by atoms with E-state index in [-0.39, 0.29) is 49.3 Å². The molecule has 111 heavy (non-hydrogen) atoms. The van der Waals surface area contributed by atoms with E-state index in [2.05, 4.69) is 103 Å². The zero-order valence-corrected chi connectivity index (χ0v) is 74.3. The number of carbonyl (C=O) groups is 6. The molecule has 1 rings (SSSR count). The molecule has 19 nitrogen and oxygen atoms in total. The lowest BCUT2D eigenvalue weighted by Gasteiger charge is -2.26. The topological polar surface area (TPSA) is 215 Å². The van der Waals surface area contributed by atoms with Gasteiger partial charge in [0.2, 0.25) is 0 Å². The molecule has 0 aliphatic carbocycles. The molecule has 19 heteroatoms. The maximum absolute atomic E-state index is 12.8. The fourth-order valence-electron chi connectivity index (χ4n) is 13.9. The number of aliphatic hydroxyl groups is 1. The van der Waals surface area contributed by atoms with Gasteiger partial charge in [-0.3, -0.25) is 29.0 Å². The van der Waals surface area contributed by atoms with Crippen molar-refractivity contribution in [3.8, 4) is 0 Å². The number of unbranched alkanes of at least 4 members (excludes halogenated alkanes) is 26. The van der Waals surface area contributed by atoms with Gasteiger partial charge in [-0.1, -0.05) is 289 Å². The Kier molecular flexibility index (Phi) is 81.9. The molecule has 654 valence electrons. The van der Waals surface area contributed by atoms with E-state index in [0.29, 0.717) is 109 Å². The Hall–Kier alpha value is -4.33. The van der Waals surface area contributed by atoms with Gasteiger partial charge in [-0.2, -0.15) is 0 Å². The normalized spacial score (nSPS) is 12.0. The first kappa shape index (κ1) is 109. The molecule has 2 unspecified atom stereocenters. The quantitative estimate of drug-likeness (QED) is 0.0364. The zero-order chi connectivity index (χ0) is 82.1. The third-order valence-corrected chi connectivity index (χ3v) is 21.6. The number of imidazole rings is 1. The summed E-state index contributed by atoms with van der Waals surface area (Å²) in [5, 5.41) is 9.20. The van der Waals surface area contributed by atoms with Crippen molar-refractivity contribution in [1.82, 2.24) is 24.3 Å². The van der Waals surface area contributed by atoms with Gasteiger partial charge < -0.3 is 43.2 Å². The predicted molar refractivity (Wildman–Crippen MR) is 458 cm³/mol. The summed E-state index contributed by atoms with van der Waals surface area (Å²) in [4.78, 5) is 85.0. The van der Waals surface area contributed by atoms with Gasteiger partial charge in [0.25, 0.3) is 0 Å². The highest BCUT2D eigenvalue weighted by molar-refractivity contribution is 5.71. The smallest absolute Gasteiger partial charge is 0.465 e. The Balaban J connectivity index is 0. The minimum Gasteiger partial charge on any atom is -0.465 e. The third-order valence-electron chi connectivity index (χ3n) is 21.6. The van der Waals surface area contributed by atoms with Crippen LogP contribution < -0.4 is 0 Å². The van der Waals surface area contributed by atoms with Crippen LogP contribution in [-0.4, -0.2) is 176 Å². The number of nitrogens with zero attached hydrogens (tertiary/aromatic N) is 5. The van der Waals surface area contributed by atoms with Crippen LogP contribution in [0, 0.1) is 17.8 Å². The second kappa shape index (κ2) is 83.6. The highest BCUT2D eigenvalue weighted by atomic mass is 16.7. The molecule has 0 aliphatic rings. The van der Waals surface area contributed by atoms with Crippen LogP contribution in [0.5, 0.6) is 0 Å². The van der Waals surface area contributed by atoms with E-state index in [1.54, 1.807) is 12.4 Å². The van der Waals surface area contributed by atoms with Crippen molar-refractivity contribution in [2.24, 2.45) is 17.8 Å². The number of aliphatic hydroxyl groups excluding tert-OH is 1. The zero-order valence-electron chi connectivity index (χ0n) is 74.3. The van der Waals surface area contributed by atoms with E-state index in [1.165, 1.54) is 178 Å². The number of aromatic nitrogens is 2. The van der Waals surface area contributed by atoms with Gasteiger partial charge in [-0.15, -0.1) is 0 Å². The second-order valence-corrected chi connectivity index (χ2v) is 31.5. The molecule has 1 N–H and O–H groups in total. The molecular formula is C92H177N5O14. The van der Waals surface area contributed by atoms with Crippen molar-refractivity contribution < 1.29 is 67.0 Å². The minimum atomic E-state index is -0.653. The molecule has 0 saturated heterocycles. The first-order valence-corrected chi connectivity index (χ1v) is 46.5. The summed E-state index contributed by atoms with van der Waals surface area (Å²) in [6, 6.07) is 0. The molecule has 2 atom stereocenters. The number of ether oxygens (including phenoxy) is 7. The lowest BCUT2D eigenvalue weighted by atomic mass is 9.96.